The van der Waals surface area contributed by atoms with E-state index in [-0.39, 0.29) is 5.91 Å². The molecule has 0 unspecified atom stereocenters. The normalized spacial score (nSPS) is 16.5. The fraction of sp³-hybridized carbons (Fsp3) is 0.429. The van der Waals surface area contributed by atoms with Crippen molar-refractivity contribution in [2.24, 2.45) is 0 Å². The highest BCUT2D eigenvalue weighted by Gasteiger charge is 2.21. The van der Waals surface area contributed by atoms with E-state index in [1.807, 2.05) is 35.2 Å². The number of pyridine rings is 1. The number of hydrogen-bond acceptors (Lipinski definition) is 5. The Labute approximate surface area is 159 Å². The summed E-state index contributed by atoms with van der Waals surface area (Å²) in [6, 6.07) is 9.56. The maximum absolute atomic E-state index is 12.9. The Kier molecular flexibility index (Phi) is 5.42. The lowest BCUT2D eigenvalue weighted by atomic mass is 10.1. The van der Waals surface area contributed by atoms with E-state index in [1.165, 1.54) is 6.42 Å². The molecule has 0 radical (unpaired) electrons. The average molecular weight is 367 g/mol. The van der Waals surface area contributed by atoms with Gasteiger partial charge in [-0.3, -0.25) is 4.79 Å². The van der Waals surface area contributed by atoms with Crippen LogP contribution in [0.3, 0.4) is 0 Å². The minimum Gasteiger partial charge on any atom is -0.490 e. The summed E-state index contributed by atoms with van der Waals surface area (Å²) in [6.07, 6.45) is 5.92. The maximum atomic E-state index is 12.9. The van der Waals surface area contributed by atoms with Crippen molar-refractivity contribution in [3.63, 3.8) is 0 Å². The largest absolute Gasteiger partial charge is 0.490 e. The first-order chi connectivity index (χ1) is 13.3. The highest BCUT2D eigenvalue weighted by atomic mass is 16.5. The molecule has 1 aromatic heterocycles. The van der Waals surface area contributed by atoms with Gasteiger partial charge in [-0.1, -0.05) is 12.1 Å². The molecule has 6 heteroatoms. The van der Waals surface area contributed by atoms with Crippen molar-refractivity contribution in [2.45, 2.75) is 32.2 Å². The first-order valence-corrected chi connectivity index (χ1v) is 9.68. The Hall–Kier alpha value is -2.76. The van der Waals surface area contributed by atoms with Gasteiger partial charge in [0.1, 0.15) is 5.82 Å². The zero-order valence-corrected chi connectivity index (χ0v) is 15.4. The molecule has 1 saturated heterocycles. The number of benzene rings is 1. The van der Waals surface area contributed by atoms with Gasteiger partial charge in [0.25, 0.3) is 5.91 Å². The smallest absolute Gasteiger partial charge is 0.257 e. The Morgan fingerprint density at radius 2 is 1.89 bits per heavy atom. The van der Waals surface area contributed by atoms with Crippen molar-refractivity contribution in [3.05, 3.63) is 47.7 Å². The highest BCUT2D eigenvalue weighted by Crippen LogP contribution is 2.33. The number of piperidine rings is 1. The van der Waals surface area contributed by atoms with Gasteiger partial charge in [-0.2, -0.15) is 0 Å². The second-order valence-electron chi connectivity index (χ2n) is 6.90. The van der Waals surface area contributed by atoms with E-state index in [0.29, 0.717) is 31.1 Å². The Morgan fingerprint density at radius 1 is 1.04 bits per heavy atom. The van der Waals surface area contributed by atoms with Gasteiger partial charge < -0.3 is 19.7 Å². The third-order valence-corrected chi connectivity index (χ3v) is 4.98. The third-order valence-electron chi connectivity index (χ3n) is 4.98. The number of ether oxygens (including phenoxy) is 2. The molecule has 0 saturated carbocycles. The molecule has 1 amide bonds. The number of carbonyl (C=O) groups excluding carboxylic acids is 1. The van der Waals surface area contributed by atoms with Crippen LogP contribution in [0.5, 0.6) is 11.5 Å². The quantitative estimate of drug-likeness (QED) is 0.896. The van der Waals surface area contributed by atoms with Gasteiger partial charge in [-0.25, -0.2) is 4.98 Å². The zero-order chi connectivity index (χ0) is 18.5. The van der Waals surface area contributed by atoms with Crippen LogP contribution in [0.4, 0.5) is 5.82 Å². The molecule has 6 nitrogen and oxygen atoms in total. The predicted octanol–water partition coefficient (Wildman–Crippen LogP) is 3.48. The number of rotatable bonds is 4. The molecule has 2 aliphatic rings. The highest BCUT2D eigenvalue weighted by molar-refractivity contribution is 5.98. The summed E-state index contributed by atoms with van der Waals surface area (Å²) in [4.78, 5) is 19.2. The van der Waals surface area contributed by atoms with Crippen LogP contribution in [0.25, 0.3) is 0 Å². The molecule has 3 heterocycles. The Bertz CT molecular complexity index is 803. The number of para-hydroxylation sites is 1. The molecule has 2 aliphatic heterocycles. The molecular weight excluding hydrogens is 342 g/mol. The summed E-state index contributed by atoms with van der Waals surface area (Å²) in [6.45, 7) is 3.48. The lowest BCUT2D eigenvalue weighted by Gasteiger charge is -2.27. The molecule has 0 spiro atoms. The fourth-order valence-corrected chi connectivity index (χ4v) is 3.56. The standard InChI is InChI=1S/C21H25N3O3/c25-21(24-11-2-1-3-12-24)17-8-5-10-22-20(17)23-15-16-7-4-9-18-19(16)27-14-6-13-26-18/h4-5,7-10H,1-3,6,11-15H2,(H,22,23). The van der Waals surface area contributed by atoms with E-state index in [4.69, 9.17) is 9.47 Å². The van der Waals surface area contributed by atoms with Gasteiger partial charge in [0.15, 0.2) is 11.5 Å². The number of nitrogens with zero attached hydrogens (tertiary/aromatic N) is 2. The van der Waals surface area contributed by atoms with Crippen LogP contribution in [0.15, 0.2) is 36.5 Å². The van der Waals surface area contributed by atoms with E-state index in [2.05, 4.69) is 10.3 Å². The summed E-state index contributed by atoms with van der Waals surface area (Å²) in [5.74, 6) is 2.22. The van der Waals surface area contributed by atoms with E-state index in [9.17, 15) is 4.79 Å². The van der Waals surface area contributed by atoms with E-state index in [1.54, 1.807) is 6.20 Å². The molecule has 1 aromatic carbocycles. The fourth-order valence-electron chi connectivity index (χ4n) is 3.56. The van der Waals surface area contributed by atoms with Crippen molar-refractivity contribution in [3.8, 4) is 11.5 Å². The summed E-state index contributed by atoms with van der Waals surface area (Å²) in [5.41, 5.74) is 1.62. The summed E-state index contributed by atoms with van der Waals surface area (Å²) in [5, 5.41) is 3.33. The van der Waals surface area contributed by atoms with Crippen LogP contribution in [0.2, 0.25) is 0 Å². The monoisotopic (exact) mass is 367 g/mol. The topological polar surface area (TPSA) is 63.7 Å². The molecule has 0 bridgehead atoms. The number of fused-ring (bicyclic) bond motifs is 1. The SMILES string of the molecule is O=C(c1cccnc1NCc1cccc2c1OCCCO2)N1CCCCC1. The number of hydrogen-bond donors (Lipinski definition) is 1. The summed E-state index contributed by atoms with van der Waals surface area (Å²) in [7, 11) is 0. The van der Waals surface area contributed by atoms with E-state index in [0.717, 1.165) is 49.4 Å². The first-order valence-electron chi connectivity index (χ1n) is 9.68. The van der Waals surface area contributed by atoms with Crippen LogP contribution >= 0.6 is 0 Å². The van der Waals surface area contributed by atoms with Crippen LogP contribution in [0, 0.1) is 0 Å². The first kappa shape index (κ1) is 17.6. The third kappa shape index (κ3) is 3.99. The van der Waals surface area contributed by atoms with Crippen molar-refractivity contribution in [2.75, 3.05) is 31.6 Å². The van der Waals surface area contributed by atoms with E-state index >= 15 is 0 Å². The van der Waals surface area contributed by atoms with E-state index < -0.39 is 0 Å². The van der Waals surface area contributed by atoms with Crippen molar-refractivity contribution in [1.82, 2.24) is 9.88 Å². The van der Waals surface area contributed by atoms with Crippen molar-refractivity contribution >= 4 is 11.7 Å². The minimum atomic E-state index is 0.0526. The minimum absolute atomic E-state index is 0.0526. The molecule has 27 heavy (non-hydrogen) atoms. The van der Waals surface area contributed by atoms with Crippen LogP contribution in [0.1, 0.15) is 41.6 Å². The summed E-state index contributed by atoms with van der Waals surface area (Å²) < 4.78 is 11.6. The number of aromatic nitrogens is 1. The Morgan fingerprint density at radius 3 is 2.78 bits per heavy atom. The molecular formula is C21H25N3O3. The average Bonchev–Trinajstić information content (AvgIpc) is 2.98. The molecule has 142 valence electrons. The number of likely N-dealkylation sites (tertiary alicyclic amines) is 1. The zero-order valence-electron chi connectivity index (χ0n) is 15.4. The summed E-state index contributed by atoms with van der Waals surface area (Å²) >= 11 is 0. The number of nitrogens with one attached hydrogen (secondary N) is 1. The van der Waals surface area contributed by atoms with Gasteiger partial charge in [-0.05, 0) is 37.5 Å². The maximum Gasteiger partial charge on any atom is 0.257 e. The van der Waals surface area contributed by atoms with Crippen LogP contribution < -0.4 is 14.8 Å². The van der Waals surface area contributed by atoms with Gasteiger partial charge in [-0.15, -0.1) is 0 Å². The van der Waals surface area contributed by atoms with Gasteiger partial charge in [0.05, 0.1) is 18.8 Å². The molecule has 0 atom stereocenters. The van der Waals surface area contributed by atoms with Crippen LogP contribution in [-0.2, 0) is 6.54 Å². The van der Waals surface area contributed by atoms with Gasteiger partial charge in [0, 0.05) is 37.8 Å². The Balaban J connectivity index is 1.52. The van der Waals surface area contributed by atoms with Crippen molar-refractivity contribution < 1.29 is 14.3 Å². The predicted molar refractivity (Wildman–Crippen MR) is 103 cm³/mol. The number of amides is 1. The molecule has 2 aromatic rings. The molecule has 0 aliphatic carbocycles. The second kappa shape index (κ2) is 8.29. The number of anilines is 1. The lowest BCUT2D eigenvalue weighted by molar-refractivity contribution is 0.0725. The van der Waals surface area contributed by atoms with Crippen molar-refractivity contribution in [1.29, 1.82) is 0 Å². The number of carbonyl (C=O) groups is 1. The molecule has 1 fully saturated rings. The molecule has 4 rings (SSSR count). The van der Waals surface area contributed by atoms with Crippen LogP contribution in [-0.4, -0.2) is 42.1 Å². The van der Waals surface area contributed by atoms with Gasteiger partial charge in [0.2, 0.25) is 0 Å². The lowest BCUT2D eigenvalue weighted by Crippen LogP contribution is -2.36. The van der Waals surface area contributed by atoms with Gasteiger partial charge >= 0.3 is 0 Å². The second-order valence-corrected chi connectivity index (χ2v) is 6.90. The molecule has 1 N–H and O–H groups in total.